The Bertz CT molecular complexity index is 502. The number of benzene rings is 1. The van der Waals surface area contributed by atoms with Gasteiger partial charge in [0, 0.05) is 9.86 Å². The molecule has 0 amide bonds. The van der Waals surface area contributed by atoms with Crippen LogP contribution in [0.3, 0.4) is 0 Å². The van der Waals surface area contributed by atoms with E-state index in [0.29, 0.717) is 6.04 Å². The van der Waals surface area contributed by atoms with Crippen LogP contribution in [0.1, 0.15) is 18.9 Å². The smallest absolute Gasteiger partial charge is 0.0698 e. The summed E-state index contributed by atoms with van der Waals surface area (Å²) in [5.74, 6) is 0. The van der Waals surface area contributed by atoms with Crippen LogP contribution < -0.4 is 0 Å². The molecule has 0 radical (unpaired) electrons. The number of aromatic nitrogens is 2. The van der Waals surface area contributed by atoms with Gasteiger partial charge in [0.25, 0.3) is 0 Å². The maximum atomic E-state index is 6.01. The number of rotatable bonds is 1. The summed E-state index contributed by atoms with van der Waals surface area (Å²) in [5, 5.41) is 6.23. The molecule has 2 nitrogen and oxygen atoms in total. The first-order chi connectivity index (χ1) is 6.77. The highest BCUT2D eigenvalue weighted by Crippen LogP contribution is 2.39. The van der Waals surface area contributed by atoms with Gasteiger partial charge in [0.15, 0.2) is 0 Å². The highest BCUT2D eigenvalue weighted by atomic mass is 79.9. The van der Waals surface area contributed by atoms with Crippen LogP contribution in [0.5, 0.6) is 0 Å². The Kier molecular flexibility index (Phi) is 1.86. The lowest BCUT2D eigenvalue weighted by atomic mass is 10.2. The van der Waals surface area contributed by atoms with E-state index in [1.807, 2.05) is 18.3 Å². The van der Waals surface area contributed by atoms with Gasteiger partial charge in [0.1, 0.15) is 0 Å². The van der Waals surface area contributed by atoms with Crippen LogP contribution >= 0.6 is 27.5 Å². The molecule has 2 aromatic rings. The first-order valence-electron chi connectivity index (χ1n) is 4.58. The van der Waals surface area contributed by atoms with E-state index in [0.717, 1.165) is 14.9 Å². The summed E-state index contributed by atoms with van der Waals surface area (Å²) in [5.41, 5.74) is 1.17. The second-order valence-electron chi connectivity index (χ2n) is 3.61. The van der Waals surface area contributed by atoms with Crippen LogP contribution in [0.4, 0.5) is 0 Å². The minimum Gasteiger partial charge on any atom is -0.262 e. The molecule has 72 valence electrons. The first-order valence-corrected chi connectivity index (χ1v) is 5.75. The van der Waals surface area contributed by atoms with Gasteiger partial charge >= 0.3 is 0 Å². The molecule has 1 saturated carbocycles. The second kappa shape index (κ2) is 2.97. The number of fused-ring (bicyclic) bond motifs is 1. The van der Waals surface area contributed by atoms with Gasteiger partial charge in [-0.3, -0.25) is 4.68 Å². The van der Waals surface area contributed by atoms with Crippen molar-refractivity contribution in [2.45, 2.75) is 18.9 Å². The van der Waals surface area contributed by atoms with Gasteiger partial charge in [-0.25, -0.2) is 0 Å². The van der Waals surface area contributed by atoms with E-state index in [1.54, 1.807) is 0 Å². The summed E-state index contributed by atoms with van der Waals surface area (Å²) in [6, 6.07) is 4.56. The van der Waals surface area contributed by atoms with Crippen molar-refractivity contribution in [3.05, 3.63) is 27.8 Å². The van der Waals surface area contributed by atoms with Gasteiger partial charge in [0.2, 0.25) is 0 Å². The zero-order chi connectivity index (χ0) is 9.71. The molecule has 4 heteroatoms. The minimum atomic E-state index is 0.612. The molecular weight excluding hydrogens is 263 g/mol. The van der Waals surface area contributed by atoms with E-state index in [9.17, 15) is 0 Å². The van der Waals surface area contributed by atoms with E-state index in [-0.39, 0.29) is 0 Å². The molecule has 0 N–H and O–H groups in total. The van der Waals surface area contributed by atoms with Gasteiger partial charge in [-0.05, 0) is 40.9 Å². The Labute approximate surface area is 95.0 Å². The van der Waals surface area contributed by atoms with Crippen molar-refractivity contribution in [1.82, 2.24) is 9.78 Å². The Balaban J connectivity index is 2.31. The van der Waals surface area contributed by atoms with Crippen molar-refractivity contribution in [2.75, 3.05) is 0 Å². The Morgan fingerprint density at radius 3 is 2.93 bits per heavy atom. The third-order valence-corrected chi connectivity index (χ3v) is 3.96. The first kappa shape index (κ1) is 8.74. The second-order valence-corrected chi connectivity index (χ2v) is 4.81. The Morgan fingerprint density at radius 1 is 1.43 bits per heavy atom. The fourth-order valence-electron chi connectivity index (χ4n) is 1.67. The molecule has 0 bridgehead atoms. The quantitative estimate of drug-likeness (QED) is 0.771. The standard InChI is InChI=1S/C10H8BrClN2/c11-10-7-5-13-14(6-1-2-6)9(7)4-3-8(10)12/h3-6H,1-2H2. The molecular formula is C10H8BrClN2. The number of hydrogen-bond donors (Lipinski definition) is 0. The van der Waals surface area contributed by atoms with Crippen molar-refractivity contribution in [3.8, 4) is 0 Å². The highest BCUT2D eigenvalue weighted by Gasteiger charge is 2.26. The van der Waals surface area contributed by atoms with Crippen molar-refractivity contribution in [1.29, 1.82) is 0 Å². The van der Waals surface area contributed by atoms with Crippen molar-refractivity contribution in [3.63, 3.8) is 0 Å². The van der Waals surface area contributed by atoms with Crippen LogP contribution in [0.25, 0.3) is 10.9 Å². The third-order valence-electron chi connectivity index (χ3n) is 2.56. The summed E-state index contributed by atoms with van der Waals surface area (Å²) >= 11 is 9.49. The zero-order valence-electron chi connectivity index (χ0n) is 7.37. The number of halogens is 2. The summed E-state index contributed by atoms with van der Waals surface area (Å²) in [7, 11) is 0. The van der Waals surface area contributed by atoms with Crippen LogP contribution in [0.2, 0.25) is 5.02 Å². The molecule has 0 unspecified atom stereocenters. The molecule has 1 fully saturated rings. The molecule has 0 aliphatic heterocycles. The minimum absolute atomic E-state index is 0.612. The molecule has 1 aromatic heterocycles. The third kappa shape index (κ3) is 1.19. The lowest BCUT2D eigenvalue weighted by Crippen LogP contribution is -1.94. The molecule has 1 aliphatic rings. The normalized spacial score (nSPS) is 16.4. The van der Waals surface area contributed by atoms with E-state index in [4.69, 9.17) is 11.6 Å². The summed E-state index contributed by atoms with van der Waals surface area (Å²) in [4.78, 5) is 0. The number of nitrogens with zero attached hydrogens (tertiary/aromatic N) is 2. The summed E-state index contributed by atoms with van der Waals surface area (Å²) in [6.07, 6.45) is 4.37. The van der Waals surface area contributed by atoms with E-state index in [1.165, 1.54) is 18.4 Å². The van der Waals surface area contributed by atoms with Gasteiger partial charge in [-0.15, -0.1) is 0 Å². The van der Waals surface area contributed by atoms with Crippen LogP contribution in [0, 0.1) is 0 Å². The molecule has 14 heavy (non-hydrogen) atoms. The van der Waals surface area contributed by atoms with Gasteiger partial charge in [-0.1, -0.05) is 11.6 Å². The number of hydrogen-bond acceptors (Lipinski definition) is 1. The lowest BCUT2D eigenvalue weighted by molar-refractivity contribution is 0.665. The fourth-order valence-corrected chi connectivity index (χ4v) is 2.27. The van der Waals surface area contributed by atoms with E-state index < -0.39 is 0 Å². The lowest BCUT2D eigenvalue weighted by Gasteiger charge is -2.01. The van der Waals surface area contributed by atoms with Crippen LogP contribution in [0.15, 0.2) is 22.8 Å². The van der Waals surface area contributed by atoms with Gasteiger partial charge in [0.05, 0.1) is 22.8 Å². The highest BCUT2D eigenvalue weighted by molar-refractivity contribution is 9.10. The van der Waals surface area contributed by atoms with Crippen molar-refractivity contribution >= 4 is 38.4 Å². The van der Waals surface area contributed by atoms with Gasteiger partial charge in [-0.2, -0.15) is 5.10 Å². The molecule has 3 rings (SSSR count). The fraction of sp³-hybridized carbons (Fsp3) is 0.300. The predicted molar refractivity (Wildman–Crippen MR) is 60.7 cm³/mol. The van der Waals surface area contributed by atoms with E-state index in [2.05, 4.69) is 25.7 Å². The molecule has 0 spiro atoms. The topological polar surface area (TPSA) is 17.8 Å². The molecule has 1 aromatic carbocycles. The monoisotopic (exact) mass is 270 g/mol. The molecule has 1 aliphatic carbocycles. The van der Waals surface area contributed by atoms with Gasteiger partial charge < -0.3 is 0 Å². The van der Waals surface area contributed by atoms with Crippen LogP contribution in [-0.2, 0) is 0 Å². The zero-order valence-corrected chi connectivity index (χ0v) is 9.72. The summed E-state index contributed by atoms with van der Waals surface area (Å²) in [6.45, 7) is 0. The molecule has 1 heterocycles. The summed E-state index contributed by atoms with van der Waals surface area (Å²) < 4.78 is 3.04. The van der Waals surface area contributed by atoms with Crippen molar-refractivity contribution in [2.24, 2.45) is 0 Å². The predicted octanol–water partition coefficient (Wildman–Crippen LogP) is 3.79. The maximum absolute atomic E-state index is 6.01. The van der Waals surface area contributed by atoms with Crippen molar-refractivity contribution < 1.29 is 0 Å². The van der Waals surface area contributed by atoms with Crippen LogP contribution in [-0.4, -0.2) is 9.78 Å². The average Bonchev–Trinajstić information content (AvgIpc) is 2.93. The Morgan fingerprint density at radius 2 is 2.21 bits per heavy atom. The largest absolute Gasteiger partial charge is 0.262 e. The molecule has 0 saturated heterocycles. The SMILES string of the molecule is Clc1ccc2c(cnn2C2CC2)c1Br. The average molecular weight is 272 g/mol. The maximum Gasteiger partial charge on any atom is 0.0698 e. The molecule has 0 atom stereocenters. The Hall–Kier alpha value is -0.540. The van der Waals surface area contributed by atoms with E-state index >= 15 is 0 Å².